The maximum Gasteiger partial charge on any atom is 0.271 e. The molecule has 1 aromatic carbocycles. The van der Waals surface area contributed by atoms with E-state index in [0.29, 0.717) is 19.4 Å². The first-order valence-electron chi connectivity index (χ1n) is 5.98. The summed E-state index contributed by atoms with van der Waals surface area (Å²) in [5.74, 6) is 0.0645. The van der Waals surface area contributed by atoms with E-state index in [1.54, 1.807) is 0 Å². The van der Waals surface area contributed by atoms with Gasteiger partial charge in [0, 0.05) is 18.7 Å². The highest BCUT2D eigenvalue weighted by Crippen LogP contribution is 2.32. The van der Waals surface area contributed by atoms with E-state index in [-0.39, 0.29) is 16.3 Å². The number of nitrogens with zero attached hydrogens (tertiary/aromatic N) is 2. The van der Waals surface area contributed by atoms with Crippen molar-refractivity contribution >= 4 is 15.7 Å². The maximum atomic E-state index is 12.5. The molecule has 0 radical (unpaired) electrons. The van der Waals surface area contributed by atoms with E-state index in [0.717, 1.165) is 10.4 Å². The van der Waals surface area contributed by atoms with Gasteiger partial charge in [-0.15, -0.1) is 0 Å². The molecule has 110 valence electrons. The fourth-order valence-corrected chi connectivity index (χ4v) is 3.93. The molecule has 1 aliphatic heterocycles. The number of sulfonamides is 1. The number of benzene rings is 1. The van der Waals surface area contributed by atoms with Crippen LogP contribution in [0.25, 0.3) is 0 Å². The third-order valence-corrected chi connectivity index (χ3v) is 5.14. The highest BCUT2D eigenvalue weighted by Gasteiger charge is 2.35. The maximum absolute atomic E-state index is 12.5. The number of hydrogen-bond donors (Lipinski definition) is 1. The second kappa shape index (κ2) is 5.35. The van der Waals surface area contributed by atoms with E-state index in [4.69, 9.17) is 10.5 Å². The average molecular weight is 301 g/mol. The molecule has 0 saturated carbocycles. The van der Waals surface area contributed by atoms with Gasteiger partial charge in [-0.1, -0.05) is 0 Å². The summed E-state index contributed by atoms with van der Waals surface area (Å²) in [7, 11) is -2.60. The topological polar surface area (TPSA) is 116 Å². The van der Waals surface area contributed by atoms with E-state index >= 15 is 0 Å². The fraction of sp³-hybridized carbons (Fsp3) is 0.455. The summed E-state index contributed by atoms with van der Waals surface area (Å²) in [6.45, 7) is 0.301. The van der Waals surface area contributed by atoms with E-state index in [2.05, 4.69) is 0 Å². The molecule has 9 heteroatoms. The van der Waals surface area contributed by atoms with Gasteiger partial charge in [0.05, 0.1) is 18.2 Å². The molecule has 1 heterocycles. The number of non-ortho nitro benzene ring substituents is 1. The van der Waals surface area contributed by atoms with Crippen LogP contribution in [0.3, 0.4) is 0 Å². The lowest BCUT2D eigenvalue weighted by molar-refractivity contribution is -0.385. The first kappa shape index (κ1) is 14.7. The number of nitrogens with two attached hydrogens (primary N) is 1. The van der Waals surface area contributed by atoms with Gasteiger partial charge < -0.3 is 10.5 Å². The van der Waals surface area contributed by atoms with E-state index < -0.39 is 21.1 Å². The summed E-state index contributed by atoms with van der Waals surface area (Å²) in [4.78, 5) is 9.92. The molecule has 0 amide bonds. The van der Waals surface area contributed by atoms with Crippen LogP contribution in [0, 0.1) is 10.1 Å². The van der Waals surface area contributed by atoms with Gasteiger partial charge in [-0.25, -0.2) is 8.42 Å². The Bertz CT molecular complexity index is 631. The van der Waals surface area contributed by atoms with Crippen LogP contribution >= 0.6 is 0 Å². The standard InChI is InChI=1S/C11H15N3O5S/c1-19-9-5-4-8(14(15)16)7-10(9)20(17,18)13-6-2-3-11(13)12/h4-5,7,11H,2-3,6,12H2,1H3. The molecule has 0 spiro atoms. The normalized spacial score (nSPS) is 20.0. The van der Waals surface area contributed by atoms with Crippen molar-refractivity contribution in [1.29, 1.82) is 0 Å². The number of methoxy groups -OCH3 is 1. The van der Waals surface area contributed by atoms with Gasteiger partial charge in [-0.3, -0.25) is 10.1 Å². The van der Waals surface area contributed by atoms with Gasteiger partial charge in [-0.05, 0) is 18.9 Å². The number of nitro groups is 1. The van der Waals surface area contributed by atoms with E-state index in [9.17, 15) is 18.5 Å². The molecule has 2 rings (SSSR count). The molecule has 1 atom stereocenters. The van der Waals surface area contributed by atoms with Crippen LogP contribution in [0.1, 0.15) is 12.8 Å². The monoisotopic (exact) mass is 301 g/mol. The van der Waals surface area contributed by atoms with Crippen LogP contribution in [-0.4, -0.2) is 37.5 Å². The zero-order valence-corrected chi connectivity index (χ0v) is 11.7. The van der Waals surface area contributed by atoms with Gasteiger partial charge >= 0.3 is 0 Å². The van der Waals surface area contributed by atoms with Crippen LogP contribution in [0.2, 0.25) is 0 Å². The molecule has 1 aliphatic rings. The number of rotatable bonds is 4. The quantitative estimate of drug-likeness (QED) is 0.645. The average Bonchev–Trinajstić information content (AvgIpc) is 2.84. The summed E-state index contributed by atoms with van der Waals surface area (Å²) < 4.78 is 31.2. The summed E-state index contributed by atoms with van der Waals surface area (Å²) in [5, 5.41) is 10.8. The zero-order valence-electron chi connectivity index (χ0n) is 10.9. The third-order valence-electron chi connectivity index (χ3n) is 3.19. The molecule has 20 heavy (non-hydrogen) atoms. The van der Waals surface area contributed by atoms with Crippen molar-refractivity contribution in [3.05, 3.63) is 28.3 Å². The second-order valence-corrected chi connectivity index (χ2v) is 6.28. The lowest BCUT2D eigenvalue weighted by atomic mass is 10.3. The smallest absolute Gasteiger partial charge is 0.271 e. The predicted octanol–water partition coefficient (Wildman–Crippen LogP) is 0.673. The Morgan fingerprint density at radius 3 is 2.70 bits per heavy atom. The molecule has 1 aromatic rings. The molecule has 8 nitrogen and oxygen atoms in total. The lowest BCUT2D eigenvalue weighted by Crippen LogP contribution is -2.41. The highest BCUT2D eigenvalue weighted by atomic mass is 32.2. The SMILES string of the molecule is COc1ccc([N+](=O)[O-])cc1S(=O)(=O)N1CCCC1N. The van der Waals surface area contributed by atoms with Gasteiger partial charge in [0.1, 0.15) is 10.6 Å². The van der Waals surface area contributed by atoms with Crippen molar-refractivity contribution in [2.45, 2.75) is 23.9 Å². The Labute approximate surface area is 116 Å². The van der Waals surface area contributed by atoms with E-state index in [1.165, 1.54) is 19.2 Å². The minimum Gasteiger partial charge on any atom is -0.495 e. The van der Waals surface area contributed by atoms with Gasteiger partial charge in [-0.2, -0.15) is 4.31 Å². The fourth-order valence-electron chi connectivity index (χ4n) is 2.17. The van der Waals surface area contributed by atoms with Crippen molar-refractivity contribution < 1.29 is 18.1 Å². The number of nitro benzene ring substituents is 1. The van der Waals surface area contributed by atoms with Crippen molar-refractivity contribution in [3.63, 3.8) is 0 Å². The summed E-state index contributed by atoms with van der Waals surface area (Å²) >= 11 is 0. The predicted molar refractivity (Wildman–Crippen MR) is 70.7 cm³/mol. The van der Waals surface area contributed by atoms with Crippen LogP contribution in [-0.2, 0) is 10.0 Å². The molecule has 1 fully saturated rings. The summed E-state index contributed by atoms with van der Waals surface area (Å²) in [6, 6.07) is 3.47. The van der Waals surface area contributed by atoms with Gasteiger partial charge in [0.25, 0.3) is 5.69 Å². The molecule has 1 saturated heterocycles. The first-order chi connectivity index (χ1) is 9.37. The molecule has 0 bridgehead atoms. The molecule has 0 aromatic heterocycles. The summed E-state index contributed by atoms with van der Waals surface area (Å²) in [6.07, 6.45) is 0.623. The van der Waals surface area contributed by atoms with Crippen LogP contribution < -0.4 is 10.5 Å². The summed E-state index contributed by atoms with van der Waals surface area (Å²) in [5.41, 5.74) is 5.46. The molecular formula is C11H15N3O5S. The van der Waals surface area contributed by atoms with Crippen molar-refractivity contribution in [2.75, 3.05) is 13.7 Å². The van der Waals surface area contributed by atoms with Crippen LogP contribution in [0.15, 0.2) is 23.1 Å². The van der Waals surface area contributed by atoms with E-state index in [1.807, 2.05) is 0 Å². The minimum absolute atomic E-state index is 0.0645. The second-order valence-electron chi connectivity index (χ2n) is 4.42. The van der Waals surface area contributed by atoms with Crippen LogP contribution in [0.4, 0.5) is 5.69 Å². The van der Waals surface area contributed by atoms with Gasteiger partial charge in [0.15, 0.2) is 0 Å². The lowest BCUT2D eigenvalue weighted by Gasteiger charge is -2.21. The van der Waals surface area contributed by atoms with Crippen molar-refractivity contribution in [1.82, 2.24) is 4.31 Å². The highest BCUT2D eigenvalue weighted by molar-refractivity contribution is 7.89. The largest absolute Gasteiger partial charge is 0.495 e. The Morgan fingerprint density at radius 2 is 2.20 bits per heavy atom. The molecule has 0 aliphatic carbocycles. The van der Waals surface area contributed by atoms with Crippen LogP contribution in [0.5, 0.6) is 5.75 Å². The Hall–Kier alpha value is -1.71. The van der Waals surface area contributed by atoms with Gasteiger partial charge in [0.2, 0.25) is 10.0 Å². The number of ether oxygens (including phenoxy) is 1. The Kier molecular flexibility index (Phi) is 3.93. The zero-order chi connectivity index (χ0) is 14.9. The molecule has 2 N–H and O–H groups in total. The molecule has 1 unspecified atom stereocenters. The molecular weight excluding hydrogens is 286 g/mol. The van der Waals surface area contributed by atoms with Crippen molar-refractivity contribution in [3.8, 4) is 5.75 Å². The first-order valence-corrected chi connectivity index (χ1v) is 7.42. The Morgan fingerprint density at radius 1 is 1.50 bits per heavy atom. The third kappa shape index (κ3) is 2.47. The minimum atomic E-state index is -3.91. The Balaban J connectivity index is 2.54. The van der Waals surface area contributed by atoms with Crippen molar-refractivity contribution in [2.24, 2.45) is 5.73 Å². The number of hydrogen-bond acceptors (Lipinski definition) is 6.